The van der Waals surface area contributed by atoms with Gasteiger partial charge < -0.3 is 10.2 Å². The first kappa shape index (κ1) is 13.2. The molecule has 98 valence electrons. The molecule has 1 amide bonds. The Kier molecular flexibility index (Phi) is 3.77. The maximum atomic E-state index is 11.9. The molecule has 0 fully saturated rings. The highest BCUT2D eigenvalue weighted by Crippen LogP contribution is 2.33. The Balaban J connectivity index is 2.26. The molecule has 0 aromatic rings. The van der Waals surface area contributed by atoms with Gasteiger partial charge in [0, 0.05) is 19.4 Å². The molecule has 0 aliphatic carbocycles. The van der Waals surface area contributed by atoms with Crippen molar-refractivity contribution in [3.8, 4) is 0 Å². The van der Waals surface area contributed by atoms with Gasteiger partial charge in [0.2, 0.25) is 6.23 Å². The lowest BCUT2D eigenvalue weighted by Crippen LogP contribution is -2.42. The fraction of sp³-hybridized carbons (Fsp3) is 0.500. The van der Waals surface area contributed by atoms with Crippen LogP contribution < -0.4 is 5.43 Å². The number of amides is 1. The molecule has 0 spiro atoms. The minimum absolute atomic E-state index is 0.0121. The van der Waals surface area contributed by atoms with Crippen molar-refractivity contribution in [2.45, 2.75) is 26.0 Å². The first-order valence-corrected chi connectivity index (χ1v) is 6.19. The Morgan fingerprint density at radius 3 is 2.89 bits per heavy atom. The predicted molar refractivity (Wildman–Crippen MR) is 65.8 cm³/mol. The number of ether oxygens (including phenoxy) is 1. The van der Waals surface area contributed by atoms with Gasteiger partial charge in [0.1, 0.15) is 15.9 Å². The summed E-state index contributed by atoms with van der Waals surface area (Å²) in [4.78, 5) is 24.5. The lowest BCUT2D eigenvalue weighted by Gasteiger charge is -2.24. The van der Waals surface area contributed by atoms with E-state index in [4.69, 9.17) is 27.9 Å². The van der Waals surface area contributed by atoms with E-state index < -0.39 is 18.1 Å². The summed E-state index contributed by atoms with van der Waals surface area (Å²) in [7, 11) is 0. The molecule has 2 aliphatic rings. The van der Waals surface area contributed by atoms with E-state index >= 15 is 0 Å². The first-order chi connectivity index (χ1) is 8.56. The highest BCUT2D eigenvalue weighted by molar-refractivity contribution is 6.50. The van der Waals surface area contributed by atoms with Crippen LogP contribution in [0.3, 0.4) is 0 Å². The SMILES string of the molecule is CCC(=O)OC1C(Cl)=C(Cl)C(=O)N1C1=NNCC1. The molecule has 18 heavy (non-hydrogen) atoms. The minimum Gasteiger partial charge on any atom is -0.436 e. The average Bonchev–Trinajstić information content (AvgIpc) is 2.94. The van der Waals surface area contributed by atoms with Crippen molar-refractivity contribution >= 4 is 40.9 Å². The molecule has 1 N–H and O–H groups in total. The van der Waals surface area contributed by atoms with Gasteiger partial charge in [-0.15, -0.1) is 0 Å². The van der Waals surface area contributed by atoms with Gasteiger partial charge in [0.05, 0.1) is 0 Å². The third-order valence-electron chi connectivity index (χ3n) is 2.55. The van der Waals surface area contributed by atoms with Gasteiger partial charge in [0.25, 0.3) is 5.91 Å². The van der Waals surface area contributed by atoms with Crippen molar-refractivity contribution in [2.24, 2.45) is 5.10 Å². The smallest absolute Gasteiger partial charge is 0.307 e. The maximum absolute atomic E-state index is 11.9. The van der Waals surface area contributed by atoms with Crippen LogP contribution in [0.15, 0.2) is 15.2 Å². The fourth-order valence-electron chi connectivity index (χ4n) is 1.65. The number of carbonyl (C=O) groups is 2. The molecule has 8 heteroatoms. The average molecular weight is 292 g/mol. The standard InChI is InChI=1S/C10H11Cl2N3O3/c1-2-6(16)18-10-8(12)7(11)9(17)15(10)5-3-4-13-14-5/h10,13H,2-4H2,1H3. The van der Waals surface area contributed by atoms with Crippen molar-refractivity contribution in [1.82, 2.24) is 10.3 Å². The summed E-state index contributed by atoms with van der Waals surface area (Å²) in [5, 5.41) is 3.83. The number of esters is 1. The number of hydrazone groups is 1. The minimum atomic E-state index is -1.00. The highest BCUT2D eigenvalue weighted by Gasteiger charge is 2.43. The van der Waals surface area contributed by atoms with Crippen LogP contribution in [0, 0.1) is 0 Å². The Bertz CT molecular complexity index is 461. The molecule has 1 unspecified atom stereocenters. The maximum Gasteiger partial charge on any atom is 0.307 e. The molecular formula is C10H11Cl2N3O3. The molecule has 2 heterocycles. The van der Waals surface area contributed by atoms with E-state index in [1.807, 2.05) is 0 Å². The molecule has 0 saturated heterocycles. The molecule has 0 bridgehead atoms. The number of carbonyl (C=O) groups excluding carboxylic acids is 2. The number of nitrogens with zero attached hydrogens (tertiary/aromatic N) is 2. The van der Waals surface area contributed by atoms with Crippen LogP contribution in [0.1, 0.15) is 19.8 Å². The number of hydrogen-bond acceptors (Lipinski definition) is 5. The van der Waals surface area contributed by atoms with Crippen molar-refractivity contribution in [2.75, 3.05) is 6.54 Å². The number of rotatable bonds is 2. The zero-order valence-electron chi connectivity index (χ0n) is 9.57. The first-order valence-electron chi connectivity index (χ1n) is 5.44. The van der Waals surface area contributed by atoms with Gasteiger partial charge in [-0.2, -0.15) is 5.10 Å². The Labute approximate surface area is 114 Å². The third-order valence-corrected chi connectivity index (χ3v) is 3.38. The van der Waals surface area contributed by atoms with Gasteiger partial charge >= 0.3 is 5.97 Å². The van der Waals surface area contributed by atoms with Crippen molar-refractivity contribution in [3.05, 3.63) is 10.1 Å². The fourth-order valence-corrected chi connectivity index (χ4v) is 2.05. The number of amidine groups is 1. The number of nitrogens with one attached hydrogen (secondary N) is 1. The summed E-state index contributed by atoms with van der Waals surface area (Å²) in [5.41, 5.74) is 2.74. The predicted octanol–water partition coefficient (Wildman–Crippen LogP) is 1.10. The molecule has 1 atom stereocenters. The number of halogens is 2. The van der Waals surface area contributed by atoms with E-state index in [0.29, 0.717) is 18.8 Å². The van der Waals surface area contributed by atoms with E-state index in [1.54, 1.807) is 6.92 Å². The lowest BCUT2D eigenvalue weighted by molar-refractivity contribution is -0.153. The lowest BCUT2D eigenvalue weighted by atomic mass is 10.3. The van der Waals surface area contributed by atoms with Crippen molar-refractivity contribution < 1.29 is 14.3 Å². The van der Waals surface area contributed by atoms with Crippen LogP contribution in [0.4, 0.5) is 0 Å². The van der Waals surface area contributed by atoms with Gasteiger partial charge in [-0.3, -0.25) is 14.5 Å². The van der Waals surface area contributed by atoms with Crippen LogP contribution >= 0.6 is 23.2 Å². The molecule has 2 aliphatic heterocycles. The van der Waals surface area contributed by atoms with Crippen LogP contribution in [0.5, 0.6) is 0 Å². The van der Waals surface area contributed by atoms with Crippen LogP contribution in [-0.2, 0) is 14.3 Å². The van der Waals surface area contributed by atoms with Gasteiger partial charge in [-0.25, -0.2) is 0 Å². The molecule has 2 rings (SSSR count). The van der Waals surface area contributed by atoms with E-state index in [0.717, 1.165) is 0 Å². The number of hydrogen-bond donors (Lipinski definition) is 1. The molecule has 0 saturated carbocycles. The van der Waals surface area contributed by atoms with Gasteiger partial charge in [-0.05, 0) is 0 Å². The van der Waals surface area contributed by atoms with Crippen molar-refractivity contribution in [1.29, 1.82) is 0 Å². The largest absolute Gasteiger partial charge is 0.436 e. The summed E-state index contributed by atoms with van der Waals surface area (Å²) >= 11 is 11.7. The summed E-state index contributed by atoms with van der Waals surface area (Å²) in [5.74, 6) is -0.505. The van der Waals surface area contributed by atoms with E-state index in [2.05, 4.69) is 10.5 Å². The van der Waals surface area contributed by atoms with Crippen molar-refractivity contribution in [3.63, 3.8) is 0 Å². The second kappa shape index (κ2) is 5.16. The quantitative estimate of drug-likeness (QED) is 0.774. The molecule has 0 radical (unpaired) electrons. The van der Waals surface area contributed by atoms with Crippen LogP contribution in [0.25, 0.3) is 0 Å². The molecule has 0 aromatic heterocycles. The van der Waals surface area contributed by atoms with E-state index in [9.17, 15) is 9.59 Å². The molecular weight excluding hydrogens is 281 g/mol. The monoisotopic (exact) mass is 291 g/mol. The third kappa shape index (κ3) is 2.18. The summed E-state index contributed by atoms with van der Waals surface area (Å²) in [6, 6.07) is 0. The topological polar surface area (TPSA) is 71.0 Å². The zero-order chi connectivity index (χ0) is 13.3. The normalized spacial score (nSPS) is 23.3. The van der Waals surface area contributed by atoms with Crippen LogP contribution in [-0.4, -0.2) is 35.4 Å². The zero-order valence-corrected chi connectivity index (χ0v) is 11.1. The summed E-state index contributed by atoms with van der Waals surface area (Å²) in [6.45, 7) is 2.26. The second-order valence-electron chi connectivity index (χ2n) is 3.72. The second-order valence-corrected chi connectivity index (χ2v) is 4.50. The summed E-state index contributed by atoms with van der Waals surface area (Å²) in [6.07, 6.45) is -0.275. The summed E-state index contributed by atoms with van der Waals surface area (Å²) < 4.78 is 5.12. The highest BCUT2D eigenvalue weighted by atomic mass is 35.5. The van der Waals surface area contributed by atoms with Gasteiger partial charge in [-0.1, -0.05) is 30.1 Å². The molecule has 6 nitrogen and oxygen atoms in total. The Morgan fingerprint density at radius 2 is 2.33 bits per heavy atom. The van der Waals surface area contributed by atoms with Gasteiger partial charge in [0.15, 0.2) is 0 Å². The Hall–Kier alpha value is -1.27. The van der Waals surface area contributed by atoms with E-state index in [1.165, 1.54) is 4.90 Å². The van der Waals surface area contributed by atoms with Crippen LogP contribution in [0.2, 0.25) is 0 Å². The van der Waals surface area contributed by atoms with E-state index in [-0.39, 0.29) is 16.5 Å². The molecule has 0 aromatic carbocycles. The Morgan fingerprint density at radius 1 is 1.61 bits per heavy atom.